The Balaban J connectivity index is 1.91. The topological polar surface area (TPSA) is 24.5 Å². The molecule has 20 heavy (non-hydrogen) atoms. The van der Waals surface area contributed by atoms with Crippen molar-refractivity contribution in [3.8, 4) is 0 Å². The van der Waals surface area contributed by atoms with E-state index in [9.17, 15) is 0 Å². The van der Waals surface area contributed by atoms with Crippen LogP contribution in [-0.2, 0) is 11.2 Å². The highest BCUT2D eigenvalue weighted by molar-refractivity contribution is 7.09. The molecule has 0 radical (unpaired) electrons. The van der Waals surface area contributed by atoms with Gasteiger partial charge in [0.2, 0.25) is 0 Å². The number of likely N-dealkylation sites (N-methyl/N-ethyl adjacent to an activating group) is 1. The van der Waals surface area contributed by atoms with Gasteiger partial charge in [-0.25, -0.2) is 0 Å². The van der Waals surface area contributed by atoms with Crippen LogP contribution in [0.25, 0.3) is 0 Å². The second-order valence-corrected chi connectivity index (χ2v) is 7.27. The van der Waals surface area contributed by atoms with Gasteiger partial charge in [0.15, 0.2) is 0 Å². The average Bonchev–Trinajstić information content (AvgIpc) is 2.92. The number of thiophene rings is 1. The third-order valence-electron chi connectivity index (χ3n) is 4.37. The molecular formula is C16H28N2OS. The number of hydrogen-bond acceptors (Lipinski definition) is 4. The summed E-state index contributed by atoms with van der Waals surface area (Å²) in [5.74, 6) is 0. The quantitative estimate of drug-likeness (QED) is 0.837. The molecule has 1 saturated heterocycles. The van der Waals surface area contributed by atoms with Crippen molar-refractivity contribution < 1.29 is 4.74 Å². The van der Waals surface area contributed by atoms with Crippen LogP contribution in [0.15, 0.2) is 17.5 Å². The molecular weight excluding hydrogens is 268 g/mol. The number of ether oxygens (including phenoxy) is 1. The van der Waals surface area contributed by atoms with E-state index in [4.69, 9.17) is 4.74 Å². The molecule has 2 unspecified atom stereocenters. The molecule has 1 aromatic heterocycles. The minimum atomic E-state index is 0.283. The first kappa shape index (κ1) is 16.0. The fraction of sp³-hybridized carbons (Fsp3) is 0.750. The third-order valence-corrected chi connectivity index (χ3v) is 5.27. The summed E-state index contributed by atoms with van der Waals surface area (Å²) in [6.45, 7) is 6.31. The first-order valence-corrected chi connectivity index (χ1v) is 8.48. The van der Waals surface area contributed by atoms with Gasteiger partial charge >= 0.3 is 0 Å². The lowest BCUT2D eigenvalue weighted by molar-refractivity contribution is -0.0264. The van der Waals surface area contributed by atoms with Crippen molar-refractivity contribution in [3.63, 3.8) is 0 Å². The summed E-state index contributed by atoms with van der Waals surface area (Å²) in [6.07, 6.45) is 3.60. The van der Waals surface area contributed by atoms with Gasteiger partial charge in [0.05, 0.1) is 6.61 Å². The Morgan fingerprint density at radius 1 is 1.55 bits per heavy atom. The summed E-state index contributed by atoms with van der Waals surface area (Å²) >= 11 is 1.86. The van der Waals surface area contributed by atoms with E-state index >= 15 is 0 Å². The van der Waals surface area contributed by atoms with Gasteiger partial charge in [-0.2, -0.15) is 0 Å². The molecule has 0 spiro atoms. The van der Waals surface area contributed by atoms with Crippen LogP contribution in [0, 0.1) is 5.41 Å². The minimum absolute atomic E-state index is 0.283. The smallest absolute Gasteiger partial charge is 0.0546 e. The maximum atomic E-state index is 5.76. The predicted octanol–water partition coefficient (Wildman–Crippen LogP) is 2.63. The molecule has 0 amide bonds. The maximum Gasteiger partial charge on any atom is 0.0546 e. The molecule has 0 bridgehead atoms. The molecule has 1 aromatic rings. The van der Waals surface area contributed by atoms with Crippen molar-refractivity contribution in [3.05, 3.63) is 22.4 Å². The van der Waals surface area contributed by atoms with Crippen LogP contribution in [0.5, 0.6) is 0 Å². The molecule has 0 aromatic carbocycles. The molecule has 1 fully saturated rings. The molecule has 114 valence electrons. The van der Waals surface area contributed by atoms with E-state index in [0.717, 1.165) is 32.7 Å². The van der Waals surface area contributed by atoms with E-state index in [1.807, 2.05) is 18.4 Å². The van der Waals surface area contributed by atoms with Crippen LogP contribution >= 0.6 is 11.3 Å². The summed E-state index contributed by atoms with van der Waals surface area (Å²) in [5, 5.41) is 5.53. The molecule has 1 aliphatic rings. The Morgan fingerprint density at radius 3 is 3.00 bits per heavy atom. The van der Waals surface area contributed by atoms with Crippen LogP contribution in [0.1, 0.15) is 24.6 Å². The fourth-order valence-electron chi connectivity index (χ4n) is 3.17. The number of rotatable bonds is 7. The van der Waals surface area contributed by atoms with Gasteiger partial charge < -0.3 is 15.0 Å². The van der Waals surface area contributed by atoms with E-state index in [2.05, 4.69) is 41.7 Å². The highest BCUT2D eigenvalue weighted by Crippen LogP contribution is 2.29. The summed E-state index contributed by atoms with van der Waals surface area (Å²) in [5.41, 5.74) is 0.283. The van der Waals surface area contributed by atoms with Crippen LogP contribution in [0.4, 0.5) is 0 Å². The van der Waals surface area contributed by atoms with Crippen molar-refractivity contribution in [1.29, 1.82) is 0 Å². The Morgan fingerprint density at radius 2 is 2.40 bits per heavy atom. The Kier molecular flexibility index (Phi) is 6.02. The van der Waals surface area contributed by atoms with Gasteiger partial charge in [-0.05, 0) is 51.7 Å². The SMILES string of the molecule is CNCC1(CN(C)C(C)Cc2cccs2)CCCOC1. The zero-order valence-electron chi connectivity index (χ0n) is 13.0. The van der Waals surface area contributed by atoms with Gasteiger partial charge in [-0.1, -0.05) is 6.07 Å². The summed E-state index contributed by atoms with van der Waals surface area (Å²) in [4.78, 5) is 3.98. The van der Waals surface area contributed by atoms with Gasteiger partial charge in [-0.15, -0.1) is 11.3 Å². The zero-order chi connectivity index (χ0) is 14.4. The first-order valence-electron chi connectivity index (χ1n) is 7.60. The van der Waals surface area contributed by atoms with E-state index in [1.165, 1.54) is 17.7 Å². The predicted molar refractivity (Wildman–Crippen MR) is 86.5 cm³/mol. The first-order chi connectivity index (χ1) is 9.65. The van der Waals surface area contributed by atoms with Crippen LogP contribution < -0.4 is 5.32 Å². The number of nitrogens with zero attached hydrogens (tertiary/aromatic N) is 1. The minimum Gasteiger partial charge on any atom is -0.381 e. The highest BCUT2D eigenvalue weighted by Gasteiger charge is 2.34. The molecule has 1 aliphatic heterocycles. The van der Waals surface area contributed by atoms with E-state index < -0.39 is 0 Å². The Labute approximate surface area is 127 Å². The molecule has 4 heteroatoms. The summed E-state index contributed by atoms with van der Waals surface area (Å²) < 4.78 is 5.76. The third kappa shape index (κ3) is 4.29. The van der Waals surface area contributed by atoms with E-state index in [1.54, 1.807) is 0 Å². The van der Waals surface area contributed by atoms with Crippen molar-refractivity contribution in [2.45, 2.75) is 32.2 Å². The molecule has 1 N–H and O–H groups in total. The second-order valence-electron chi connectivity index (χ2n) is 6.23. The lowest BCUT2D eigenvalue weighted by Crippen LogP contribution is -2.49. The fourth-order valence-corrected chi connectivity index (χ4v) is 3.99. The van der Waals surface area contributed by atoms with E-state index in [-0.39, 0.29) is 5.41 Å². The van der Waals surface area contributed by atoms with E-state index in [0.29, 0.717) is 6.04 Å². The van der Waals surface area contributed by atoms with Crippen LogP contribution in [0.3, 0.4) is 0 Å². The van der Waals surface area contributed by atoms with Gasteiger partial charge in [-0.3, -0.25) is 0 Å². The molecule has 0 saturated carbocycles. The lowest BCUT2D eigenvalue weighted by Gasteiger charge is -2.41. The van der Waals surface area contributed by atoms with Crippen molar-refractivity contribution in [2.75, 3.05) is 40.4 Å². The number of nitrogens with one attached hydrogen (secondary N) is 1. The molecule has 2 rings (SSSR count). The van der Waals surface area contributed by atoms with Crippen LogP contribution in [0.2, 0.25) is 0 Å². The standard InChI is InChI=1S/C16H28N2OS/c1-14(10-15-6-4-9-20-15)18(3)12-16(11-17-2)7-5-8-19-13-16/h4,6,9,14,17H,5,7-8,10-13H2,1-3H3. The van der Waals surface area contributed by atoms with Crippen molar-refractivity contribution >= 4 is 11.3 Å². The van der Waals surface area contributed by atoms with Gasteiger partial charge in [0.25, 0.3) is 0 Å². The maximum absolute atomic E-state index is 5.76. The van der Waals surface area contributed by atoms with Gasteiger partial charge in [0.1, 0.15) is 0 Å². The number of hydrogen-bond donors (Lipinski definition) is 1. The van der Waals surface area contributed by atoms with Crippen LogP contribution in [-0.4, -0.2) is 51.3 Å². The molecule has 2 atom stereocenters. The highest BCUT2D eigenvalue weighted by atomic mass is 32.1. The Hall–Kier alpha value is -0.420. The normalized spacial score (nSPS) is 25.0. The Bertz CT molecular complexity index is 368. The zero-order valence-corrected chi connectivity index (χ0v) is 13.8. The average molecular weight is 296 g/mol. The lowest BCUT2D eigenvalue weighted by atomic mass is 9.81. The summed E-state index contributed by atoms with van der Waals surface area (Å²) in [6, 6.07) is 4.95. The molecule has 2 heterocycles. The van der Waals surface area contributed by atoms with Gasteiger partial charge in [0, 0.05) is 36.0 Å². The monoisotopic (exact) mass is 296 g/mol. The largest absolute Gasteiger partial charge is 0.381 e. The van der Waals surface area contributed by atoms with Crippen molar-refractivity contribution in [2.24, 2.45) is 5.41 Å². The molecule has 0 aliphatic carbocycles. The molecule has 3 nitrogen and oxygen atoms in total. The summed E-state index contributed by atoms with van der Waals surface area (Å²) in [7, 11) is 4.30. The van der Waals surface area contributed by atoms with Crippen molar-refractivity contribution in [1.82, 2.24) is 10.2 Å². The second kappa shape index (κ2) is 7.55.